The van der Waals surface area contributed by atoms with Gasteiger partial charge >= 0.3 is 5.97 Å². The maximum absolute atomic E-state index is 11.5. The Balaban J connectivity index is 2.38. The quantitative estimate of drug-likeness (QED) is 0.815. The highest BCUT2D eigenvalue weighted by Gasteiger charge is 2.18. The van der Waals surface area contributed by atoms with Gasteiger partial charge in [0.25, 0.3) is 0 Å². The monoisotopic (exact) mass is 240 g/mol. The van der Waals surface area contributed by atoms with Gasteiger partial charge in [0.15, 0.2) is 0 Å². The van der Waals surface area contributed by atoms with Crippen LogP contribution >= 0.6 is 0 Å². The summed E-state index contributed by atoms with van der Waals surface area (Å²) in [6.07, 6.45) is 1.65. The highest BCUT2D eigenvalue weighted by atomic mass is 16.6. The second-order valence-corrected chi connectivity index (χ2v) is 5.00. The van der Waals surface area contributed by atoms with Crippen molar-refractivity contribution in [1.82, 2.24) is 10.3 Å². The van der Waals surface area contributed by atoms with Crippen molar-refractivity contribution in [3.8, 4) is 0 Å². The molecule has 17 heavy (non-hydrogen) atoms. The van der Waals surface area contributed by atoms with Crippen LogP contribution in [0.3, 0.4) is 0 Å². The second-order valence-electron chi connectivity index (χ2n) is 5.00. The summed E-state index contributed by atoms with van der Waals surface area (Å²) in [5.41, 5.74) is -0.457. The molecule has 1 unspecified atom stereocenters. The van der Waals surface area contributed by atoms with E-state index in [-0.39, 0.29) is 18.6 Å². The molecule has 0 fully saturated rings. The molecule has 0 aromatic carbocycles. The minimum absolute atomic E-state index is 0.115. The minimum atomic E-state index is -0.457. The molecule has 96 valence electrons. The largest absolute Gasteiger partial charge is 0.459 e. The molecule has 0 radical (unpaired) electrons. The average Bonchev–Trinajstić information content (AvgIpc) is 2.58. The number of esters is 1. The number of oxazole rings is 1. The lowest BCUT2D eigenvalue weighted by Crippen LogP contribution is -2.32. The van der Waals surface area contributed by atoms with Crippen LogP contribution in [0.25, 0.3) is 0 Å². The number of carbonyl (C=O) groups excluding carboxylic acids is 1. The van der Waals surface area contributed by atoms with Gasteiger partial charge in [-0.15, -0.1) is 0 Å². The third-order valence-corrected chi connectivity index (χ3v) is 1.98. The predicted molar refractivity (Wildman–Crippen MR) is 63.5 cm³/mol. The van der Waals surface area contributed by atoms with E-state index in [4.69, 9.17) is 9.15 Å². The zero-order valence-corrected chi connectivity index (χ0v) is 11.0. The summed E-state index contributed by atoms with van der Waals surface area (Å²) < 4.78 is 10.5. The van der Waals surface area contributed by atoms with Gasteiger partial charge in [-0.25, -0.2) is 4.98 Å². The van der Waals surface area contributed by atoms with Gasteiger partial charge in [0, 0.05) is 0 Å². The molecule has 1 aromatic heterocycles. The maximum Gasteiger partial charge on any atom is 0.320 e. The molecule has 1 aromatic rings. The Hall–Kier alpha value is -1.36. The predicted octanol–water partition coefficient (Wildman–Crippen LogP) is 1.98. The fourth-order valence-electron chi connectivity index (χ4n) is 1.27. The number of ether oxygens (including phenoxy) is 1. The van der Waals surface area contributed by atoms with Crippen molar-refractivity contribution in [1.29, 1.82) is 0 Å². The molecule has 5 heteroatoms. The van der Waals surface area contributed by atoms with E-state index in [1.807, 2.05) is 34.6 Å². The Morgan fingerprint density at radius 2 is 2.24 bits per heavy atom. The molecular weight excluding hydrogens is 220 g/mol. The van der Waals surface area contributed by atoms with Crippen molar-refractivity contribution >= 4 is 5.97 Å². The van der Waals surface area contributed by atoms with Crippen LogP contribution in [-0.2, 0) is 9.53 Å². The molecule has 0 bridgehead atoms. The van der Waals surface area contributed by atoms with Gasteiger partial charge in [0.1, 0.15) is 11.4 Å². The van der Waals surface area contributed by atoms with Crippen LogP contribution in [0.15, 0.2) is 10.6 Å². The maximum atomic E-state index is 11.5. The fraction of sp³-hybridized carbons (Fsp3) is 0.667. The molecule has 1 rings (SSSR count). The first kappa shape index (κ1) is 13.7. The van der Waals surface area contributed by atoms with E-state index < -0.39 is 5.60 Å². The lowest BCUT2D eigenvalue weighted by molar-refractivity contribution is -0.153. The van der Waals surface area contributed by atoms with Gasteiger partial charge in [-0.1, -0.05) is 0 Å². The second kappa shape index (κ2) is 5.31. The Labute approximate surface area is 102 Å². The van der Waals surface area contributed by atoms with E-state index >= 15 is 0 Å². The number of rotatable bonds is 4. The summed E-state index contributed by atoms with van der Waals surface area (Å²) >= 11 is 0. The van der Waals surface area contributed by atoms with E-state index in [2.05, 4.69) is 10.3 Å². The average molecular weight is 240 g/mol. The number of aromatic nitrogens is 1. The first-order chi connectivity index (χ1) is 7.78. The van der Waals surface area contributed by atoms with Gasteiger partial charge in [-0.05, 0) is 34.6 Å². The van der Waals surface area contributed by atoms with Crippen LogP contribution in [0.5, 0.6) is 0 Å². The van der Waals surface area contributed by atoms with Crippen molar-refractivity contribution in [2.45, 2.75) is 46.3 Å². The van der Waals surface area contributed by atoms with E-state index in [9.17, 15) is 4.79 Å². The number of carbonyl (C=O) groups is 1. The molecule has 0 saturated heterocycles. The normalized spacial score (nSPS) is 13.5. The molecule has 0 aliphatic heterocycles. The molecule has 0 amide bonds. The molecule has 1 atom stereocenters. The van der Waals surface area contributed by atoms with Crippen LogP contribution in [-0.4, -0.2) is 23.1 Å². The van der Waals surface area contributed by atoms with Gasteiger partial charge in [-0.2, -0.15) is 0 Å². The third kappa shape index (κ3) is 4.99. The smallest absolute Gasteiger partial charge is 0.320 e. The summed E-state index contributed by atoms with van der Waals surface area (Å²) in [6.45, 7) is 9.37. The van der Waals surface area contributed by atoms with E-state index in [0.29, 0.717) is 5.89 Å². The number of nitrogens with one attached hydrogen (secondary N) is 1. The lowest BCUT2D eigenvalue weighted by Gasteiger charge is -2.20. The van der Waals surface area contributed by atoms with E-state index in [0.717, 1.165) is 5.76 Å². The first-order valence-corrected chi connectivity index (χ1v) is 5.65. The lowest BCUT2D eigenvalue weighted by atomic mass is 10.2. The SMILES string of the molecule is Cc1cnc(C(C)NCC(=O)OC(C)(C)C)o1. The summed E-state index contributed by atoms with van der Waals surface area (Å²) in [4.78, 5) is 15.6. The highest BCUT2D eigenvalue weighted by molar-refractivity contribution is 5.72. The van der Waals surface area contributed by atoms with Crippen LogP contribution in [0.4, 0.5) is 0 Å². The van der Waals surface area contributed by atoms with Gasteiger partial charge < -0.3 is 9.15 Å². The van der Waals surface area contributed by atoms with Crippen LogP contribution in [0, 0.1) is 6.92 Å². The molecule has 1 heterocycles. The standard InChI is InChI=1S/C12H20N2O3/c1-8-6-14-11(16-8)9(2)13-7-10(15)17-12(3,4)5/h6,9,13H,7H2,1-5H3. The zero-order valence-electron chi connectivity index (χ0n) is 11.0. The molecule has 0 aliphatic rings. The van der Waals surface area contributed by atoms with Gasteiger partial charge in [0.2, 0.25) is 5.89 Å². The number of nitrogens with zero attached hydrogens (tertiary/aromatic N) is 1. The van der Waals surface area contributed by atoms with Crippen molar-refractivity contribution in [2.24, 2.45) is 0 Å². The molecule has 0 saturated carbocycles. The Bertz CT molecular complexity index is 379. The Morgan fingerprint density at radius 1 is 1.59 bits per heavy atom. The summed E-state index contributed by atoms with van der Waals surface area (Å²) in [5, 5.41) is 3.00. The number of hydrogen-bond acceptors (Lipinski definition) is 5. The van der Waals surface area contributed by atoms with Crippen molar-refractivity contribution in [3.63, 3.8) is 0 Å². The molecule has 0 aliphatic carbocycles. The Kier molecular flexibility index (Phi) is 4.28. The first-order valence-electron chi connectivity index (χ1n) is 5.65. The summed E-state index contributed by atoms with van der Waals surface area (Å²) in [6, 6.07) is -0.115. The Morgan fingerprint density at radius 3 is 2.71 bits per heavy atom. The number of aryl methyl sites for hydroxylation is 1. The fourth-order valence-corrected chi connectivity index (χ4v) is 1.27. The third-order valence-electron chi connectivity index (χ3n) is 1.98. The summed E-state index contributed by atoms with van der Waals surface area (Å²) in [5.74, 6) is 1.05. The van der Waals surface area contributed by atoms with Crippen LogP contribution in [0.1, 0.15) is 45.4 Å². The van der Waals surface area contributed by atoms with Crippen molar-refractivity contribution in [2.75, 3.05) is 6.54 Å². The van der Waals surface area contributed by atoms with Crippen LogP contribution < -0.4 is 5.32 Å². The van der Waals surface area contributed by atoms with E-state index in [1.165, 1.54) is 0 Å². The molecule has 1 N–H and O–H groups in total. The van der Waals surface area contributed by atoms with Gasteiger partial charge in [-0.3, -0.25) is 10.1 Å². The zero-order chi connectivity index (χ0) is 13.1. The van der Waals surface area contributed by atoms with Crippen molar-refractivity contribution in [3.05, 3.63) is 17.8 Å². The van der Waals surface area contributed by atoms with Gasteiger partial charge in [0.05, 0.1) is 18.8 Å². The summed E-state index contributed by atoms with van der Waals surface area (Å²) in [7, 11) is 0. The van der Waals surface area contributed by atoms with Crippen LogP contribution in [0.2, 0.25) is 0 Å². The molecular formula is C12H20N2O3. The molecule has 0 spiro atoms. The van der Waals surface area contributed by atoms with Crippen molar-refractivity contribution < 1.29 is 13.9 Å². The minimum Gasteiger partial charge on any atom is -0.459 e. The number of hydrogen-bond donors (Lipinski definition) is 1. The molecule has 5 nitrogen and oxygen atoms in total. The highest BCUT2D eigenvalue weighted by Crippen LogP contribution is 2.12. The topological polar surface area (TPSA) is 64.4 Å². The van der Waals surface area contributed by atoms with E-state index in [1.54, 1.807) is 6.20 Å².